The number of rotatable bonds is 40. The van der Waals surface area contributed by atoms with Crippen LogP contribution in [0, 0.1) is 0 Å². The van der Waals surface area contributed by atoms with Gasteiger partial charge in [-0.05, 0) is 116 Å². The number of unbranched alkanes of at least 4 members (excludes halogenated alkanes) is 24. The van der Waals surface area contributed by atoms with E-state index in [0.29, 0.717) is 6.10 Å². The van der Waals surface area contributed by atoms with E-state index < -0.39 is 8.32 Å². The Morgan fingerprint density at radius 2 is 0.612 bits per heavy atom. The zero-order valence-corrected chi connectivity index (χ0v) is 44.5. The van der Waals surface area contributed by atoms with Crippen LogP contribution < -0.4 is 10.4 Å². The summed E-state index contributed by atoms with van der Waals surface area (Å²) >= 11 is 0. The summed E-state index contributed by atoms with van der Waals surface area (Å²) in [4.78, 5) is 0. The minimum absolute atomic E-state index is 0.0162. The Hall–Kier alpha value is -3.46. The number of allylic oxidation sites excluding steroid dienone is 4. The summed E-state index contributed by atoms with van der Waals surface area (Å²) in [6, 6.07) is 44.6. The zero-order valence-electron chi connectivity index (χ0n) is 43.5. The van der Waals surface area contributed by atoms with Gasteiger partial charge in [0, 0.05) is 6.10 Å². The molecule has 4 aromatic rings. The first-order chi connectivity index (χ1) is 33.0. The van der Waals surface area contributed by atoms with Crippen LogP contribution in [0.15, 0.2) is 146 Å². The van der Waals surface area contributed by atoms with Gasteiger partial charge in [-0.25, -0.2) is 0 Å². The van der Waals surface area contributed by atoms with E-state index in [0.717, 1.165) is 0 Å². The Bertz CT molecular complexity index is 1640. The van der Waals surface area contributed by atoms with Gasteiger partial charge in [0.05, 0.1) is 0 Å². The summed E-state index contributed by atoms with van der Waals surface area (Å²) in [5.41, 5.74) is 2.98. The maximum atomic E-state index is 7.79. The molecule has 0 heterocycles. The largest absolute Gasteiger partial charge is 0.404 e. The van der Waals surface area contributed by atoms with Crippen LogP contribution >= 0.6 is 0 Å². The molecule has 4 aromatic carbocycles. The molecule has 0 aliphatic rings. The maximum absolute atomic E-state index is 7.79. The summed E-state index contributed by atoms with van der Waals surface area (Å²) < 4.78 is 7.79. The second-order valence-electron chi connectivity index (χ2n) is 21.0. The van der Waals surface area contributed by atoms with Gasteiger partial charge in [0.15, 0.2) is 0 Å². The molecule has 2 heteroatoms. The molecular formula is C65H98OSi. The number of hydrogen-bond donors (Lipinski definition) is 0. The third kappa shape index (κ3) is 24.6. The molecule has 67 heavy (non-hydrogen) atoms. The second-order valence-corrected chi connectivity index (χ2v) is 25.3. The SMILES string of the molecule is CC(C)(C)[Si](OC(CCCCCCCCC=CCCCCCCCCc1ccccc1)CCCCCCCCC=CCCCCCCCCc1ccccc1)(c1ccccc1)c1ccccc1. The monoisotopic (exact) mass is 923 g/mol. The molecule has 0 spiro atoms. The van der Waals surface area contributed by atoms with Crippen molar-refractivity contribution in [2.45, 2.75) is 237 Å². The fourth-order valence-electron chi connectivity index (χ4n) is 10.2. The summed E-state index contributed by atoms with van der Waals surface area (Å²) in [7, 11) is -2.57. The first-order valence-electron chi connectivity index (χ1n) is 28.2. The van der Waals surface area contributed by atoms with Crippen molar-refractivity contribution in [1.82, 2.24) is 0 Å². The first kappa shape index (κ1) is 56.1. The highest BCUT2D eigenvalue weighted by Gasteiger charge is 2.51. The molecule has 0 saturated carbocycles. The molecule has 368 valence electrons. The van der Waals surface area contributed by atoms with E-state index in [-0.39, 0.29) is 5.04 Å². The van der Waals surface area contributed by atoms with Gasteiger partial charge in [-0.1, -0.05) is 282 Å². The fourth-order valence-corrected chi connectivity index (χ4v) is 15.0. The molecule has 0 fully saturated rings. The van der Waals surface area contributed by atoms with E-state index >= 15 is 0 Å². The van der Waals surface area contributed by atoms with Crippen LogP contribution in [0.5, 0.6) is 0 Å². The Balaban J connectivity index is 1.09. The van der Waals surface area contributed by atoms with Crippen molar-refractivity contribution in [3.05, 3.63) is 157 Å². The van der Waals surface area contributed by atoms with Crippen molar-refractivity contribution < 1.29 is 4.43 Å². The molecule has 0 amide bonds. The van der Waals surface area contributed by atoms with E-state index in [4.69, 9.17) is 4.43 Å². The topological polar surface area (TPSA) is 9.23 Å². The molecular weight excluding hydrogens is 825 g/mol. The highest BCUT2D eigenvalue weighted by molar-refractivity contribution is 6.99. The smallest absolute Gasteiger partial charge is 0.261 e. The molecule has 1 nitrogen and oxygen atoms in total. The molecule has 0 bridgehead atoms. The van der Waals surface area contributed by atoms with E-state index in [1.54, 1.807) is 0 Å². The van der Waals surface area contributed by atoms with Crippen LogP contribution in [0.3, 0.4) is 0 Å². The molecule has 0 radical (unpaired) electrons. The minimum atomic E-state index is -2.57. The van der Waals surface area contributed by atoms with Gasteiger partial charge in [0.25, 0.3) is 8.32 Å². The van der Waals surface area contributed by atoms with Crippen LogP contribution in [0.2, 0.25) is 5.04 Å². The van der Waals surface area contributed by atoms with Crippen molar-refractivity contribution in [3.8, 4) is 0 Å². The van der Waals surface area contributed by atoms with Crippen LogP contribution in [0.4, 0.5) is 0 Å². The molecule has 0 N–H and O–H groups in total. The van der Waals surface area contributed by atoms with E-state index in [1.165, 1.54) is 227 Å². The van der Waals surface area contributed by atoms with Crippen molar-refractivity contribution in [3.63, 3.8) is 0 Å². The molecule has 0 atom stereocenters. The van der Waals surface area contributed by atoms with Gasteiger partial charge in [0.2, 0.25) is 0 Å². The average Bonchev–Trinajstić information content (AvgIpc) is 3.35. The lowest BCUT2D eigenvalue weighted by Crippen LogP contribution is -2.67. The van der Waals surface area contributed by atoms with E-state index in [9.17, 15) is 0 Å². The van der Waals surface area contributed by atoms with E-state index in [2.05, 4.69) is 166 Å². The molecule has 0 aliphatic heterocycles. The van der Waals surface area contributed by atoms with Gasteiger partial charge in [-0.3, -0.25) is 0 Å². The van der Waals surface area contributed by atoms with E-state index in [1.807, 2.05) is 0 Å². The normalized spacial score (nSPS) is 12.7. The Morgan fingerprint density at radius 1 is 0.343 bits per heavy atom. The minimum Gasteiger partial charge on any atom is -0.404 e. The van der Waals surface area contributed by atoms with Gasteiger partial charge in [0.1, 0.15) is 0 Å². The summed E-state index contributed by atoms with van der Waals surface area (Å²) in [6.45, 7) is 7.31. The van der Waals surface area contributed by atoms with Crippen molar-refractivity contribution in [2.75, 3.05) is 0 Å². The number of benzene rings is 4. The zero-order chi connectivity index (χ0) is 47.2. The third-order valence-electron chi connectivity index (χ3n) is 14.2. The van der Waals surface area contributed by atoms with Crippen molar-refractivity contribution in [1.29, 1.82) is 0 Å². The van der Waals surface area contributed by atoms with Crippen molar-refractivity contribution >= 4 is 18.7 Å². The fraction of sp³-hybridized carbons (Fsp3) is 0.569. The Morgan fingerprint density at radius 3 is 0.925 bits per heavy atom. The quantitative estimate of drug-likeness (QED) is 0.0245. The highest BCUT2D eigenvalue weighted by atomic mass is 28.4. The molecule has 4 rings (SSSR count). The molecule has 0 unspecified atom stereocenters. The van der Waals surface area contributed by atoms with Gasteiger partial charge in [-0.2, -0.15) is 0 Å². The average molecular weight is 924 g/mol. The van der Waals surface area contributed by atoms with Crippen LogP contribution in [-0.4, -0.2) is 14.4 Å². The number of hydrogen-bond acceptors (Lipinski definition) is 1. The summed E-state index contributed by atoms with van der Waals surface area (Å²) in [5, 5.41) is 2.84. The summed E-state index contributed by atoms with van der Waals surface area (Å²) in [5.74, 6) is 0. The lowest BCUT2D eigenvalue weighted by molar-refractivity contribution is 0.160. The lowest BCUT2D eigenvalue weighted by Gasteiger charge is -2.45. The Labute approximate surface area is 415 Å². The first-order valence-corrected chi connectivity index (χ1v) is 30.1. The lowest BCUT2D eigenvalue weighted by atomic mass is 10.0. The molecule has 0 aromatic heterocycles. The molecule has 0 saturated heterocycles. The predicted molar refractivity (Wildman–Crippen MR) is 300 cm³/mol. The highest BCUT2D eigenvalue weighted by Crippen LogP contribution is 2.39. The van der Waals surface area contributed by atoms with Gasteiger partial charge in [-0.15, -0.1) is 0 Å². The third-order valence-corrected chi connectivity index (χ3v) is 19.3. The van der Waals surface area contributed by atoms with Gasteiger partial charge >= 0.3 is 0 Å². The van der Waals surface area contributed by atoms with Crippen LogP contribution in [0.25, 0.3) is 0 Å². The van der Waals surface area contributed by atoms with Crippen molar-refractivity contribution in [2.24, 2.45) is 0 Å². The number of aryl methyl sites for hydroxylation is 2. The molecule has 0 aliphatic carbocycles. The second kappa shape index (κ2) is 36.5. The van der Waals surface area contributed by atoms with Crippen LogP contribution in [0.1, 0.15) is 225 Å². The van der Waals surface area contributed by atoms with Gasteiger partial charge < -0.3 is 4.43 Å². The standard InChI is InChI=1S/C65H98OSi/c1-65(2,3)67(63-56-44-34-45-57-63,64-58-46-35-47-59-64)66-62(54-42-30-26-22-18-14-10-6-4-8-12-16-20-24-28-36-48-60-50-38-32-39-51-60)55-43-31-27-23-19-15-11-7-5-9-13-17-21-25-29-37-49-61-52-40-33-41-53-61/h4-7,32-35,38-41,44-47,50-53,56-59,62H,8-31,36-37,42-43,48-49,54-55H2,1-3H3. The maximum Gasteiger partial charge on any atom is 0.261 e. The predicted octanol–water partition coefficient (Wildman–Crippen LogP) is 19.2. The summed E-state index contributed by atoms with van der Waals surface area (Å²) in [6.07, 6.45) is 52.5. The van der Waals surface area contributed by atoms with Crippen LogP contribution in [-0.2, 0) is 17.3 Å². The Kier molecular flexibility index (Phi) is 30.6.